The highest BCUT2D eigenvalue weighted by atomic mass is 16.4. The smallest absolute Gasteiger partial charge is 0.330 e. The summed E-state index contributed by atoms with van der Waals surface area (Å²) in [5, 5.41) is 13.6. The van der Waals surface area contributed by atoms with Crippen LogP contribution in [-0.4, -0.2) is 40.2 Å². The molecule has 20 heavy (non-hydrogen) atoms. The molecule has 1 rings (SSSR count). The molecule has 6 nitrogen and oxygen atoms in total. The molecular formula is C14H27N3O3. The third-order valence-electron chi connectivity index (χ3n) is 3.73. The van der Waals surface area contributed by atoms with E-state index in [-0.39, 0.29) is 18.0 Å². The quantitative estimate of drug-likeness (QED) is 0.721. The van der Waals surface area contributed by atoms with Crippen molar-refractivity contribution in [2.24, 2.45) is 5.92 Å². The zero-order valence-electron chi connectivity index (χ0n) is 12.8. The number of nitrogens with one attached hydrogen (secondary N) is 2. The lowest BCUT2D eigenvalue weighted by atomic mass is 10.00. The maximum absolute atomic E-state index is 12.0. The monoisotopic (exact) mass is 285 g/mol. The van der Waals surface area contributed by atoms with E-state index < -0.39 is 18.0 Å². The van der Waals surface area contributed by atoms with Gasteiger partial charge in [-0.3, -0.25) is 5.43 Å². The number of amides is 2. The number of hydrogen-bond acceptors (Lipinski definition) is 3. The minimum absolute atomic E-state index is 0.212. The van der Waals surface area contributed by atoms with Gasteiger partial charge < -0.3 is 10.4 Å². The van der Waals surface area contributed by atoms with Gasteiger partial charge in [-0.2, -0.15) is 0 Å². The van der Waals surface area contributed by atoms with Crippen molar-refractivity contribution in [2.45, 2.75) is 71.5 Å². The highest BCUT2D eigenvalue weighted by Crippen LogP contribution is 2.20. The number of hydrazine groups is 1. The van der Waals surface area contributed by atoms with Gasteiger partial charge in [0.15, 0.2) is 0 Å². The highest BCUT2D eigenvalue weighted by molar-refractivity contribution is 5.82. The van der Waals surface area contributed by atoms with Gasteiger partial charge in [0.2, 0.25) is 0 Å². The fourth-order valence-electron chi connectivity index (χ4n) is 2.64. The van der Waals surface area contributed by atoms with Gasteiger partial charge in [-0.1, -0.05) is 20.3 Å². The third-order valence-corrected chi connectivity index (χ3v) is 3.73. The Morgan fingerprint density at radius 2 is 1.80 bits per heavy atom. The summed E-state index contributed by atoms with van der Waals surface area (Å²) in [6.07, 6.45) is 3.67. The molecular weight excluding hydrogens is 258 g/mol. The van der Waals surface area contributed by atoms with Gasteiger partial charge >= 0.3 is 12.0 Å². The first-order valence-corrected chi connectivity index (χ1v) is 7.39. The van der Waals surface area contributed by atoms with Crippen molar-refractivity contribution in [3.05, 3.63) is 0 Å². The first-order chi connectivity index (χ1) is 9.31. The minimum atomic E-state index is -0.992. The molecule has 3 unspecified atom stereocenters. The maximum atomic E-state index is 12.0. The molecule has 0 aliphatic carbocycles. The fourth-order valence-corrected chi connectivity index (χ4v) is 2.64. The molecule has 0 radical (unpaired) electrons. The second-order valence-electron chi connectivity index (χ2n) is 6.14. The molecule has 3 N–H and O–H groups in total. The summed E-state index contributed by atoms with van der Waals surface area (Å²) >= 11 is 0. The van der Waals surface area contributed by atoms with Crippen molar-refractivity contribution in [3.8, 4) is 0 Å². The van der Waals surface area contributed by atoms with E-state index >= 15 is 0 Å². The van der Waals surface area contributed by atoms with Crippen LogP contribution in [0.2, 0.25) is 0 Å². The van der Waals surface area contributed by atoms with Crippen LogP contribution in [0.1, 0.15) is 53.4 Å². The maximum Gasteiger partial charge on any atom is 0.330 e. The molecule has 1 fully saturated rings. The minimum Gasteiger partial charge on any atom is -0.480 e. The molecule has 3 atom stereocenters. The Hall–Kier alpha value is -1.30. The van der Waals surface area contributed by atoms with E-state index in [1.807, 2.05) is 18.9 Å². The Balaban J connectivity index is 2.54. The molecule has 6 heteroatoms. The van der Waals surface area contributed by atoms with Crippen molar-refractivity contribution in [2.75, 3.05) is 0 Å². The summed E-state index contributed by atoms with van der Waals surface area (Å²) in [6, 6.07) is -0.722. The Kier molecular flexibility index (Phi) is 6.26. The molecule has 1 aliphatic heterocycles. The van der Waals surface area contributed by atoms with Gasteiger partial charge in [0.1, 0.15) is 6.04 Å². The lowest BCUT2D eigenvalue weighted by Crippen LogP contribution is -2.58. The number of carbonyl (C=O) groups is 2. The summed E-state index contributed by atoms with van der Waals surface area (Å²) < 4.78 is 0. The van der Waals surface area contributed by atoms with Crippen LogP contribution in [0.5, 0.6) is 0 Å². The van der Waals surface area contributed by atoms with Crippen LogP contribution in [0.25, 0.3) is 0 Å². The average molecular weight is 285 g/mol. The van der Waals surface area contributed by atoms with E-state index in [9.17, 15) is 9.59 Å². The number of carboxylic acids is 1. The summed E-state index contributed by atoms with van der Waals surface area (Å²) in [6.45, 7) is 8.01. The van der Waals surface area contributed by atoms with Gasteiger partial charge in [-0.15, -0.1) is 0 Å². The van der Waals surface area contributed by atoms with E-state index in [2.05, 4.69) is 24.6 Å². The summed E-state index contributed by atoms with van der Waals surface area (Å²) in [4.78, 5) is 23.1. The number of urea groups is 1. The number of aliphatic carboxylic acids is 1. The zero-order valence-corrected chi connectivity index (χ0v) is 12.8. The van der Waals surface area contributed by atoms with Gasteiger partial charge in [0.05, 0.1) is 0 Å². The van der Waals surface area contributed by atoms with E-state index in [4.69, 9.17) is 5.11 Å². The van der Waals surface area contributed by atoms with Crippen LogP contribution in [-0.2, 0) is 4.79 Å². The van der Waals surface area contributed by atoms with Gasteiger partial charge in [-0.25, -0.2) is 14.6 Å². The number of hydrogen-bond donors (Lipinski definition) is 3. The number of carbonyl (C=O) groups excluding carboxylic acids is 1. The van der Waals surface area contributed by atoms with Gasteiger partial charge in [0, 0.05) is 12.1 Å². The van der Waals surface area contributed by atoms with Crippen LogP contribution in [0.4, 0.5) is 4.79 Å². The van der Waals surface area contributed by atoms with Crippen molar-refractivity contribution in [1.82, 2.24) is 15.8 Å². The van der Waals surface area contributed by atoms with E-state index in [1.54, 1.807) is 0 Å². The van der Waals surface area contributed by atoms with Crippen LogP contribution < -0.4 is 10.7 Å². The number of rotatable bonds is 5. The summed E-state index contributed by atoms with van der Waals surface area (Å²) in [7, 11) is 0. The Labute approximate surface area is 120 Å². The molecule has 0 aromatic rings. The lowest BCUT2D eigenvalue weighted by molar-refractivity contribution is -0.139. The third kappa shape index (κ3) is 5.00. The summed E-state index contributed by atoms with van der Waals surface area (Å²) in [5.74, 6) is -0.780. The highest BCUT2D eigenvalue weighted by Gasteiger charge is 2.28. The Bertz CT molecular complexity index is 337. The standard InChI is InChI=1S/C14H27N3O3/c1-9(2)8-12(13(18)19)15-14(20)16-17-10(3)6-5-7-11(17)4/h9-12H,5-8H2,1-4H3,(H,18,19)(H2,15,16,20). The molecule has 1 aliphatic rings. The molecule has 116 valence electrons. The van der Waals surface area contributed by atoms with Crippen LogP contribution in [0.3, 0.4) is 0 Å². The summed E-state index contributed by atoms with van der Waals surface area (Å²) in [5.41, 5.74) is 2.80. The van der Waals surface area contributed by atoms with Gasteiger partial charge in [-0.05, 0) is 39.0 Å². The zero-order chi connectivity index (χ0) is 15.3. The predicted octanol–water partition coefficient (Wildman–Crippen LogP) is 1.96. The Morgan fingerprint density at radius 1 is 1.25 bits per heavy atom. The fraction of sp³-hybridized carbons (Fsp3) is 0.857. The van der Waals surface area contributed by atoms with Crippen molar-refractivity contribution < 1.29 is 14.7 Å². The Morgan fingerprint density at radius 3 is 2.25 bits per heavy atom. The van der Waals surface area contributed by atoms with E-state index in [0.29, 0.717) is 6.42 Å². The van der Waals surface area contributed by atoms with Crippen molar-refractivity contribution >= 4 is 12.0 Å². The molecule has 0 aromatic carbocycles. The van der Waals surface area contributed by atoms with Crippen LogP contribution in [0, 0.1) is 5.92 Å². The SMILES string of the molecule is CC(C)CC(NC(=O)NN1C(C)CCCC1C)C(=O)O. The largest absolute Gasteiger partial charge is 0.480 e. The topological polar surface area (TPSA) is 81.7 Å². The van der Waals surface area contributed by atoms with E-state index in [1.165, 1.54) is 0 Å². The molecule has 0 bridgehead atoms. The molecule has 1 saturated heterocycles. The van der Waals surface area contributed by atoms with E-state index in [0.717, 1.165) is 19.3 Å². The number of carboxylic acid groups (broad SMARTS) is 1. The molecule has 0 spiro atoms. The number of piperidine rings is 1. The molecule has 0 aromatic heterocycles. The molecule has 1 heterocycles. The van der Waals surface area contributed by atoms with Gasteiger partial charge in [0.25, 0.3) is 0 Å². The average Bonchev–Trinajstić information content (AvgIpc) is 2.32. The second kappa shape index (κ2) is 7.47. The van der Waals surface area contributed by atoms with Crippen molar-refractivity contribution in [1.29, 1.82) is 0 Å². The van der Waals surface area contributed by atoms with Crippen LogP contribution in [0.15, 0.2) is 0 Å². The predicted molar refractivity (Wildman–Crippen MR) is 77.2 cm³/mol. The normalized spacial score (nSPS) is 25.2. The first kappa shape index (κ1) is 16.8. The van der Waals surface area contributed by atoms with Crippen molar-refractivity contribution in [3.63, 3.8) is 0 Å². The second-order valence-corrected chi connectivity index (χ2v) is 6.14. The molecule has 2 amide bonds. The first-order valence-electron chi connectivity index (χ1n) is 7.39. The van der Waals surface area contributed by atoms with Crippen LogP contribution >= 0.6 is 0 Å². The lowest BCUT2D eigenvalue weighted by Gasteiger charge is -2.38. The number of nitrogens with zero attached hydrogens (tertiary/aromatic N) is 1. The molecule has 0 saturated carbocycles.